The average Bonchev–Trinajstić information content (AvgIpc) is 2.43. The van der Waals surface area contributed by atoms with E-state index in [9.17, 15) is 4.39 Å². The Morgan fingerprint density at radius 3 is 2.58 bits per heavy atom. The van der Waals surface area contributed by atoms with Gasteiger partial charge in [0, 0.05) is 10.5 Å². The molecule has 0 aliphatic carbocycles. The van der Waals surface area contributed by atoms with Crippen molar-refractivity contribution in [3.05, 3.63) is 64.4 Å². The molecular formula is C16H17BrFN. The molecule has 0 amide bonds. The van der Waals surface area contributed by atoms with Crippen molar-refractivity contribution in [1.82, 2.24) is 0 Å². The first-order chi connectivity index (χ1) is 9.19. The molecule has 1 nitrogen and oxygen atoms in total. The lowest BCUT2D eigenvalue weighted by Crippen LogP contribution is -2.21. The van der Waals surface area contributed by atoms with E-state index in [4.69, 9.17) is 0 Å². The van der Waals surface area contributed by atoms with E-state index < -0.39 is 0 Å². The van der Waals surface area contributed by atoms with Crippen molar-refractivity contribution in [3.8, 4) is 0 Å². The van der Waals surface area contributed by atoms with Gasteiger partial charge in [0.25, 0.3) is 0 Å². The van der Waals surface area contributed by atoms with Gasteiger partial charge in [-0.3, -0.25) is 0 Å². The molecule has 19 heavy (non-hydrogen) atoms. The second-order valence-electron chi connectivity index (χ2n) is 4.56. The van der Waals surface area contributed by atoms with Crippen molar-refractivity contribution in [1.29, 1.82) is 0 Å². The topological polar surface area (TPSA) is 12.0 Å². The first-order valence-corrected chi connectivity index (χ1v) is 7.24. The number of rotatable bonds is 5. The second kappa shape index (κ2) is 6.71. The van der Waals surface area contributed by atoms with E-state index in [-0.39, 0.29) is 5.82 Å². The van der Waals surface area contributed by atoms with E-state index in [0.717, 1.165) is 23.0 Å². The molecule has 0 radical (unpaired) electrons. The summed E-state index contributed by atoms with van der Waals surface area (Å²) in [4.78, 5) is 0. The fraction of sp³-hybridized carbons (Fsp3) is 0.250. The van der Waals surface area contributed by atoms with Crippen LogP contribution in [0.25, 0.3) is 0 Å². The van der Waals surface area contributed by atoms with Crippen LogP contribution in [0.5, 0.6) is 0 Å². The monoisotopic (exact) mass is 321 g/mol. The van der Waals surface area contributed by atoms with Crippen LogP contribution in [0, 0.1) is 5.82 Å². The van der Waals surface area contributed by atoms with Gasteiger partial charge in [0.2, 0.25) is 0 Å². The molecule has 1 atom stereocenters. The minimum absolute atomic E-state index is 0.222. The molecule has 0 saturated heterocycles. The molecule has 0 aliphatic heterocycles. The van der Waals surface area contributed by atoms with Crippen LogP contribution in [0.1, 0.15) is 18.9 Å². The highest BCUT2D eigenvalue weighted by Gasteiger charge is 2.10. The van der Waals surface area contributed by atoms with E-state index in [0.29, 0.717) is 6.04 Å². The van der Waals surface area contributed by atoms with Crippen molar-refractivity contribution in [2.75, 3.05) is 5.32 Å². The fourth-order valence-corrected chi connectivity index (χ4v) is 2.39. The van der Waals surface area contributed by atoms with E-state index in [2.05, 4.69) is 40.3 Å². The highest BCUT2D eigenvalue weighted by molar-refractivity contribution is 9.10. The van der Waals surface area contributed by atoms with Crippen molar-refractivity contribution in [3.63, 3.8) is 0 Å². The molecular weight excluding hydrogens is 305 g/mol. The second-order valence-corrected chi connectivity index (χ2v) is 5.42. The zero-order chi connectivity index (χ0) is 13.7. The Morgan fingerprint density at radius 1 is 1.16 bits per heavy atom. The van der Waals surface area contributed by atoms with Crippen molar-refractivity contribution in [2.45, 2.75) is 25.8 Å². The van der Waals surface area contributed by atoms with Gasteiger partial charge in [-0.2, -0.15) is 0 Å². The highest BCUT2D eigenvalue weighted by Crippen LogP contribution is 2.24. The zero-order valence-electron chi connectivity index (χ0n) is 10.9. The van der Waals surface area contributed by atoms with E-state index in [1.807, 2.05) is 18.2 Å². The third-order valence-electron chi connectivity index (χ3n) is 3.11. The van der Waals surface area contributed by atoms with Gasteiger partial charge in [-0.05, 0) is 52.5 Å². The number of nitrogens with one attached hydrogen (secondary N) is 1. The number of benzene rings is 2. The average molecular weight is 322 g/mol. The summed E-state index contributed by atoms with van der Waals surface area (Å²) in [6, 6.07) is 15.3. The summed E-state index contributed by atoms with van der Waals surface area (Å²) in [5, 5.41) is 3.40. The maximum atomic E-state index is 13.3. The molecule has 0 heterocycles. The summed E-state index contributed by atoms with van der Waals surface area (Å²) < 4.78 is 14.2. The Morgan fingerprint density at radius 2 is 1.89 bits per heavy atom. The van der Waals surface area contributed by atoms with Crippen LogP contribution < -0.4 is 5.32 Å². The van der Waals surface area contributed by atoms with Crippen LogP contribution in [-0.2, 0) is 6.42 Å². The van der Waals surface area contributed by atoms with E-state index in [1.165, 1.54) is 17.7 Å². The van der Waals surface area contributed by atoms with Gasteiger partial charge in [0.15, 0.2) is 0 Å². The number of hydrogen-bond acceptors (Lipinski definition) is 1. The zero-order valence-corrected chi connectivity index (χ0v) is 12.5. The minimum atomic E-state index is -0.222. The molecule has 3 heteroatoms. The smallest absolute Gasteiger partial charge is 0.125 e. The quantitative estimate of drug-likeness (QED) is 0.815. The van der Waals surface area contributed by atoms with Crippen LogP contribution in [0.4, 0.5) is 10.1 Å². The third kappa shape index (κ3) is 4.06. The van der Waals surface area contributed by atoms with Crippen molar-refractivity contribution < 1.29 is 4.39 Å². The molecule has 0 fully saturated rings. The van der Waals surface area contributed by atoms with Gasteiger partial charge in [-0.15, -0.1) is 0 Å². The van der Waals surface area contributed by atoms with Gasteiger partial charge in [-0.25, -0.2) is 4.39 Å². The molecule has 0 saturated carbocycles. The summed E-state index contributed by atoms with van der Waals surface area (Å²) in [7, 11) is 0. The number of halogens is 2. The van der Waals surface area contributed by atoms with Crippen LogP contribution >= 0.6 is 15.9 Å². The summed E-state index contributed by atoms with van der Waals surface area (Å²) in [6.45, 7) is 2.13. The Balaban J connectivity index is 2.09. The first-order valence-electron chi connectivity index (χ1n) is 6.44. The Hall–Kier alpha value is -1.35. The summed E-state index contributed by atoms with van der Waals surface area (Å²) in [5.74, 6) is -0.222. The Bertz CT molecular complexity index is 528. The van der Waals surface area contributed by atoms with Gasteiger partial charge < -0.3 is 5.32 Å². The van der Waals surface area contributed by atoms with Gasteiger partial charge in [0.1, 0.15) is 5.82 Å². The van der Waals surface area contributed by atoms with Gasteiger partial charge in [0.05, 0.1) is 5.69 Å². The van der Waals surface area contributed by atoms with Crippen LogP contribution in [0.3, 0.4) is 0 Å². The molecule has 100 valence electrons. The summed E-state index contributed by atoms with van der Waals surface area (Å²) in [5.41, 5.74) is 2.09. The van der Waals surface area contributed by atoms with Gasteiger partial charge in [-0.1, -0.05) is 37.3 Å². The largest absolute Gasteiger partial charge is 0.381 e. The maximum absolute atomic E-state index is 13.3. The molecule has 1 unspecified atom stereocenters. The van der Waals surface area contributed by atoms with Crippen molar-refractivity contribution >= 4 is 21.6 Å². The minimum Gasteiger partial charge on any atom is -0.381 e. The molecule has 0 aromatic heterocycles. The predicted octanol–water partition coefficient (Wildman–Crippen LogP) is 5.02. The van der Waals surface area contributed by atoms with Crippen LogP contribution in [0.15, 0.2) is 53.0 Å². The first kappa shape index (κ1) is 14.1. The molecule has 0 aliphatic rings. The maximum Gasteiger partial charge on any atom is 0.125 e. The Labute approximate surface area is 122 Å². The molecule has 2 aromatic carbocycles. The summed E-state index contributed by atoms with van der Waals surface area (Å²) >= 11 is 3.44. The van der Waals surface area contributed by atoms with E-state index >= 15 is 0 Å². The summed E-state index contributed by atoms with van der Waals surface area (Å²) in [6.07, 6.45) is 1.91. The standard InChI is InChI=1S/C16H17BrFN/c1-2-14(10-12-6-4-3-5-7-12)19-16-11-13(18)8-9-15(16)17/h3-9,11,14,19H,2,10H2,1H3. The molecule has 2 aromatic rings. The third-order valence-corrected chi connectivity index (χ3v) is 3.80. The lowest BCUT2D eigenvalue weighted by atomic mass is 10.0. The van der Waals surface area contributed by atoms with Crippen LogP contribution in [0.2, 0.25) is 0 Å². The van der Waals surface area contributed by atoms with E-state index in [1.54, 1.807) is 6.07 Å². The number of anilines is 1. The van der Waals surface area contributed by atoms with Gasteiger partial charge >= 0.3 is 0 Å². The number of hydrogen-bond donors (Lipinski definition) is 1. The lowest BCUT2D eigenvalue weighted by Gasteiger charge is -2.19. The molecule has 1 N–H and O–H groups in total. The predicted molar refractivity (Wildman–Crippen MR) is 81.9 cm³/mol. The SMILES string of the molecule is CCC(Cc1ccccc1)Nc1cc(F)ccc1Br. The molecule has 0 spiro atoms. The highest BCUT2D eigenvalue weighted by atomic mass is 79.9. The normalized spacial score (nSPS) is 12.2. The molecule has 2 rings (SSSR count). The lowest BCUT2D eigenvalue weighted by molar-refractivity contribution is 0.626. The van der Waals surface area contributed by atoms with Crippen molar-refractivity contribution in [2.24, 2.45) is 0 Å². The fourth-order valence-electron chi connectivity index (χ4n) is 2.02. The van der Waals surface area contributed by atoms with Crippen LogP contribution in [-0.4, -0.2) is 6.04 Å². The Kier molecular flexibility index (Phi) is 4.97. The molecule has 0 bridgehead atoms.